The van der Waals surface area contributed by atoms with E-state index in [4.69, 9.17) is 0 Å². The zero-order valence-corrected chi connectivity index (χ0v) is 10.9. The molecule has 0 aliphatic heterocycles. The van der Waals surface area contributed by atoms with E-state index in [2.05, 4.69) is 6.07 Å². The quantitative estimate of drug-likeness (QED) is 0.888. The lowest BCUT2D eigenvalue weighted by molar-refractivity contribution is -0.128. The molecule has 1 unspecified atom stereocenters. The van der Waals surface area contributed by atoms with Gasteiger partial charge in [0.2, 0.25) is 0 Å². The number of ketones is 1. The van der Waals surface area contributed by atoms with Crippen molar-refractivity contribution in [2.45, 2.75) is 31.8 Å². The molecule has 1 fully saturated rings. The van der Waals surface area contributed by atoms with E-state index in [0.717, 1.165) is 35.6 Å². The molecular weight excluding hydrogens is 236 g/mol. The van der Waals surface area contributed by atoms with Crippen molar-refractivity contribution < 1.29 is 9.90 Å². The summed E-state index contributed by atoms with van der Waals surface area (Å²) in [6, 6.07) is 14.0. The molecule has 19 heavy (non-hydrogen) atoms. The summed E-state index contributed by atoms with van der Waals surface area (Å²) in [7, 11) is 0. The van der Waals surface area contributed by atoms with Crippen LogP contribution in [0.5, 0.6) is 0 Å². The molecule has 0 heterocycles. The van der Waals surface area contributed by atoms with Crippen molar-refractivity contribution in [3.63, 3.8) is 0 Å². The van der Waals surface area contributed by atoms with Gasteiger partial charge >= 0.3 is 0 Å². The molecule has 1 aliphatic carbocycles. The van der Waals surface area contributed by atoms with E-state index in [1.807, 2.05) is 36.4 Å². The fourth-order valence-corrected chi connectivity index (χ4v) is 2.97. The number of carbonyl (C=O) groups excluding carboxylic acids is 1. The van der Waals surface area contributed by atoms with Crippen LogP contribution < -0.4 is 0 Å². The summed E-state index contributed by atoms with van der Waals surface area (Å²) in [5.74, 6) is 0.00169. The summed E-state index contributed by atoms with van der Waals surface area (Å²) in [6.07, 6.45) is 2.79. The average molecular weight is 254 g/mol. The zero-order chi connectivity index (χ0) is 13.2. The van der Waals surface area contributed by atoms with Crippen molar-refractivity contribution in [1.82, 2.24) is 0 Å². The first-order valence-electron chi connectivity index (χ1n) is 6.95. The standard InChI is InChI=1S/C17H18O2/c18-16-8-4-3-7-15(16)17(19)14-10-9-12-5-1-2-6-13(12)11-14/h1-2,5-6,9-11,15,17,19H,3-4,7-8H2/t15-,17?/m1/s1. The Morgan fingerprint density at radius 1 is 1.05 bits per heavy atom. The summed E-state index contributed by atoms with van der Waals surface area (Å²) in [5, 5.41) is 12.7. The summed E-state index contributed by atoms with van der Waals surface area (Å²) in [4.78, 5) is 11.9. The van der Waals surface area contributed by atoms with Gasteiger partial charge in [-0.15, -0.1) is 0 Å². The fourth-order valence-electron chi connectivity index (χ4n) is 2.97. The van der Waals surface area contributed by atoms with Crippen LogP contribution in [-0.2, 0) is 4.79 Å². The van der Waals surface area contributed by atoms with Crippen molar-refractivity contribution in [3.05, 3.63) is 48.0 Å². The van der Waals surface area contributed by atoms with E-state index in [1.165, 1.54) is 0 Å². The maximum atomic E-state index is 11.9. The minimum Gasteiger partial charge on any atom is -0.388 e. The van der Waals surface area contributed by atoms with Crippen LogP contribution in [0.25, 0.3) is 10.8 Å². The Balaban J connectivity index is 1.92. The minimum absolute atomic E-state index is 0.213. The number of aliphatic hydroxyl groups is 1. The van der Waals surface area contributed by atoms with Crippen molar-refractivity contribution in [3.8, 4) is 0 Å². The van der Waals surface area contributed by atoms with Crippen molar-refractivity contribution in [2.24, 2.45) is 5.92 Å². The Labute approximate surface area is 113 Å². The minimum atomic E-state index is -0.655. The molecule has 0 amide bonds. The lowest BCUT2D eigenvalue weighted by Gasteiger charge is -2.25. The molecule has 3 rings (SSSR count). The number of hydrogen-bond donors (Lipinski definition) is 1. The van der Waals surface area contributed by atoms with Crippen molar-refractivity contribution in [1.29, 1.82) is 0 Å². The third-order valence-electron chi connectivity index (χ3n) is 4.10. The monoisotopic (exact) mass is 254 g/mol. The first kappa shape index (κ1) is 12.4. The van der Waals surface area contributed by atoms with Gasteiger partial charge in [0.05, 0.1) is 6.10 Å². The molecule has 1 aliphatic rings. The lowest BCUT2D eigenvalue weighted by atomic mass is 9.81. The molecule has 1 saturated carbocycles. The molecule has 2 atom stereocenters. The van der Waals surface area contributed by atoms with Crippen molar-refractivity contribution in [2.75, 3.05) is 0 Å². The fraction of sp³-hybridized carbons (Fsp3) is 0.353. The molecule has 2 aromatic carbocycles. The number of carbonyl (C=O) groups is 1. The third-order valence-corrected chi connectivity index (χ3v) is 4.10. The van der Waals surface area contributed by atoms with Crippen LogP contribution >= 0.6 is 0 Å². The van der Waals surface area contributed by atoms with Crippen LogP contribution in [0.4, 0.5) is 0 Å². The lowest BCUT2D eigenvalue weighted by Crippen LogP contribution is -2.25. The number of aliphatic hydroxyl groups excluding tert-OH is 1. The van der Waals surface area contributed by atoms with Gasteiger partial charge < -0.3 is 5.11 Å². The van der Waals surface area contributed by atoms with Crippen LogP contribution in [0.1, 0.15) is 37.4 Å². The van der Waals surface area contributed by atoms with Gasteiger partial charge in [-0.25, -0.2) is 0 Å². The number of rotatable bonds is 2. The first-order valence-corrected chi connectivity index (χ1v) is 6.95. The van der Waals surface area contributed by atoms with E-state index in [9.17, 15) is 9.90 Å². The van der Waals surface area contributed by atoms with Gasteiger partial charge in [0.1, 0.15) is 5.78 Å². The Kier molecular flexibility index (Phi) is 3.34. The number of Topliss-reactive ketones (excluding diaryl/α,β-unsaturated/α-hetero) is 1. The Morgan fingerprint density at radius 3 is 2.63 bits per heavy atom. The summed E-state index contributed by atoms with van der Waals surface area (Å²) >= 11 is 0. The van der Waals surface area contributed by atoms with Gasteiger partial charge in [-0.05, 0) is 35.2 Å². The zero-order valence-electron chi connectivity index (χ0n) is 10.9. The second-order valence-corrected chi connectivity index (χ2v) is 5.37. The van der Waals surface area contributed by atoms with Gasteiger partial charge in [-0.2, -0.15) is 0 Å². The molecule has 0 bridgehead atoms. The molecule has 0 saturated heterocycles. The van der Waals surface area contributed by atoms with Crippen LogP contribution in [0.2, 0.25) is 0 Å². The SMILES string of the molecule is O=C1CCCC[C@H]1C(O)c1ccc2ccccc2c1. The van der Waals surface area contributed by atoms with E-state index in [0.29, 0.717) is 6.42 Å². The molecule has 0 aromatic heterocycles. The Morgan fingerprint density at radius 2 is 1.84 bits per heavy atom. The van der Waals surface area contributed by atoms with Gasteiger partial charge in [0.15, 0.2) is 0 Å². The molecule has 2 nitrogen and oxygen atoms in total. The van der Waals surface area contributed by atoms with Crippen LogP contribution in [0, 0.1) is 5.92 Å². The topological polar surface area (TPSA) is 37.3 Å². The van der Waals surface area contributed by atoms with Crippen LogP contribution in [0.3, 0.4) is 0 Å². The molecule has 98 valence electrons. The molecule has 2 aromatic rings. The predicted molar refractivity (Wildman–Crippen MR) is 75.9 cm³/mol. The van der Waals surface area contributed by atoms with Crippen LogP contribution in [-0.4, -0.2) is 10.9 Å². The highest BCUT2D eigenvalue weighted by molar-refractivity contribution is 5.84. The molecule has 2 heteroatoms. The van der Waals surface area contributed by atoms with Gasteiger partial charge in [-0.3, -0.25) is 4.79 Å². The second kappa shape index (κ2) is 5.14. The highest BCUT2D eigenvalue weighted by atomic mass is 16.3. The normalized spacial score (nSPS) is 21.5. The Hall–Kier alpha value is -1.67. The highest BCUT2D eigenvalue weighted by Crippen LogP contribution is 2.33. The maximum absolute atomic E-state index is 11.9. The van der Waals surface area contributed by atoms with Crippen LogP contribution in [0.15, 0.2) is 42.5 Å². The molecule has 0 radical (unpaired) electrons. The van der Waals surface area contributed by atoms with E-state index >= 15 is 0 Å². The summed E-state index contributed by atoms with van der Waals surface area (Å²) < 4.78 is 0. The molecule has 1 N–H and O–H groups in total. The molecule has 0 spiro atoms. The summed E-state index contributed by atoms with van der Waals surface area (Å²) in [6.45, 7) is 0. The first-order chi connectivity index (χ1) is 9.25. The predicted octanol–water partition coefficient (Wildman–Crippen LogP) is 3.63. The third kappa shape index (κ3) is 2.41. The van der Waals surface area contributed by atoms with Gasteiger partial charge in [0, 0.05) is 12.3 Å². The summed E-state index contributed by atoms with van der Waals surface area (Å²) in [5.41, 5.74) is 0.860. The number of fused-ring (bicyclic) bond motifs is 1. The van der Waals surface area contributed by atoms with E-state index in [1.54, 1.807) is 0 Å². The van der Waals surface area contributed by atoms with E-state index < -0.39 is 6.10 Å². The molecular formula is C17H18O2. The van der Waals surface area contributed by atoms with Gasteiger partial charge in [-0.1, -0.05) is 42.8 Å². The van der Waals surface area contributed by atoms with Crippen molar-refractivity contribution >= 4 is 16.6 Å². The smallest absolute Gasteiger partial charge is 0.138 e. The number of hydrogen-bond acceptors (Lipinski definition) is 2. The average Bonchev–Trinajstić information content (AvgIpc) is 2.46. The second-order valence-electron chi connectivity index (χ2n) is 5.37. The van der Waals surface area contributed by atoms with E-state index in [-0.39, 0.29) is 11.7 Å². The number of benzene rings is 2. The largest absolute Gasteiger partial charge is 0.388 e. The Bertz CT molecular complexity index is 603. The highest BCUT2D eigenvalue weighted by Gasteiger charge is 2.29. The van der Waals surface area contributed by atoms with Gasteiger partial charge in [0.25, 0.3) is 0 Å². The maximum Gasteiger partial charge on any atom is 0.138 e.